The highest BCUT2D eigenvalue weighted by Gasteiger charge is 2.22. The first kappa shape index (κ1) is 13.0. The van der Waals surface area contributed by atoms with Crippen LogP contribution >= 0.6 is 11.6 Å². The molecule has 2 nitrogen and oxygen atoms in total. The first-order valence-electron chi connectivity index (χ1n) is 5.40. The largest absolute Gasteiger partial charge is 0.347 e. The van der Waals surface area contributed by atoms with Crippen molar-refractivity contribution >= 4 is 17.5 Å². The SMILES string of the molecule is Cc1cccc(C(C)(C)NC(=O)CCCl)c1. The Hall–Kier alpha value is -1.02. The van der Waals surface area contributed by atoms with Gasteiger partial charge in [0, 0.05) is 12.3 Å². The Kier molecular flexibility index (Phi) is 4.36. The third-order valence-electron chi connectivity index (χ3n) is 2.51. The lowest BCUT2D eigenvalue weighted by Crippen LogP contribution is -2.41. The summed E-state index contributed by atoms with van der Waals surface area (Å²) in [5, 5.41) is 2.98. The van der Waals surface area contributed by atoms with Gasteiger partial charge >= 0.3 is 0 Å². The molecule has 0 saturated carbocycles. The van der Waals surface area contributed by atoms with Crippen molar-refractivity contribution in [1.29, 1.82) is 0 Å². The highest BCUT2D eigenvalue weighted by Crippen LogP contribution is 2.20. The number of amides is 1. The van der Waals surface area contributed by atoms with Gasteiger partial charge in [0.15, 0.2) is 0 Å². The van der Waals surface area contributed by atoms with Crippen LogP contribution in [0.1, 0.15) is 31.4 Å². The van der Waals surface area contributed by atoms with Crippen molar-refractivity contribution < 1.29 is 4.79 Å². The summed E-state index contributed by atoms with van der Waals surface area (Å²) in [4.78, 5) is 11.5. The monoisotopic (exact) mass is 239 g/mol. The van der Waals surface area contributed by atoms with E-state index in [1.54, 1.807) is 0 Å². The average molecular weight is 240 g/mol. The molecule has 1 aromatic carbocycles. The van der Waals surface area contributed by atoms with Crippen LogP contribution in [0.5, 0.6) is 0 Å². The van der Waals surface area contributed by atoms with E-state index in [0.717, 1.165) is 5.56 Å². The predicted molar refractivity (Wildman–Crippen MR) is 67.7 cm³/mol. The van der Waals surface area contributed by atoms with Gasteiger partial charge in [-0.05, 0) is 26.3 Å². The molecule has 1 N–H and O–H groups in total. The predicted octanol–water partition coefficient (Wildman–Crippen LogP) is 2.98. The lowest BCUT2D eigenvalue weighted by atomic mass is 9.93. The minimum Gasteiger partial charge on any atom is -0.347 e. The van der Waals surface area contributed by atoms with E-state index in [0.29, 0.717) is 12.3 Å². The third-order valence-corrected chi connectivity index (χ3v) is 2.70. The summed E-state index contributed by atoms with van der Waals surface area (Å²) < 4.78 is 0. The fourth-order valence-corrected chi connectivity index (χ4v) is 1.77. The maximum absolute atomic E-state index is 11.5. The number of alkyl halides is 1. The number of carbonyl (C=O) groups is 1. The Morgan fingerprint density at radius 2 is 2.12 bits per heavy atom. The molecule has 0 heterocycles. The van der Waals surface area contributed by atoms with Crippen molar-refractivity contribution in [1.82, 2.24) is 5.32 Å². The van der Waals surface area contributed by atoms with Crippen LogP contribution in [-0.2, 0) is 10.3 Å². The van der Waals surface area contributed by atoms with Crippen LogP contribution in [0, 0.1) is 6.92 Å². The van der Waals surface area contributed by atoms with Gasteiger partial charge in [-0.3, -0.25) is 4.79 Å². The Bertz CT molecular complexity index is 374. The van der Waals surface area contributed by atoms with E-state index < -0.39 is 0 Å². The van der Waals surface area contributed by atoms with Crippen LogP contribution in [0.15, 0.2) is 24.3 Å². The van der Waals surface area contributed by atoms with E-state index in [1.165, 1.54) is 5.56 Å². The van der Waals surface area contributed by atoms with Crippen LogP contribution in [0.3, 0.4) is 0 Å². The lowest BCUT2D eigenvalue weighted by molar-refractivity contribution is -0.122. The smallest absolute Gasteiger partial charge is 0.221 e. The van der Waals surface area contributed by atoms with E-state index in [9.17, 15) is 4.79 Å². The Labute approximate surface area is 102 Å². The molecule has 3 heteroatoms. The van der Waals surface area contributed by atoms with Gasteiger partial charge < -0.3 is 5.32 Å². The molecule has 0 bridgehead atoms. The molecule has 88 valence electrons. The standard InChI is InChI=1S/C13H18ClNO/c1-10-5-4-6-11(9-10)13(2,3)15-12(16)7-8-14/h4-6,9H,7-8H2,1-3H3,(H,15,16). The zero-order valence-electron chi connectivity index (χ0n) is 10.0. The molecule has 16 heavy (non-hydrogen) atoms. The highest BCUT2D eigenvalue weighted by molar-refractivity contribution is 6.18. The van der Waals surface area contributed by atoms with Crippen LogP contribution in [-0.4, -0.2) is 11.8 Å². The van der Waals surface area contributed by atoms with Gasteiger partial charge in [0.1, 0.15) is 0 Å². The number of hydrogen-bond donors (Lipinski definition) is 1. The van der Waals surface area contributed by atoms with Crippen molar-refractivity contribution in [3.63, 3.8) is 0 Å². The molecule has 1 rings (SSSR count). The Balaban J connectivity index is 2.81. The normalized spacial score (nSPS) is 11.2. The number of carbonyl (C=O) groups excluding carboxylic acids is 1. The van der Waals surface area contributed by atoms with E-state index in [2.05, 4.69) is 11.4 Å². The third kappa shape index (κ3) is 3.53. The van der Waals surface area contributed by atoms with Gasteiger partial charge in [-0.2, -0.15) is 0 Å². The zero-order chi connectivity index (χ0) is 12.2. The van der Waals surface area contributed by atoms with E-state index in [-0.39, 0.29) is 11.4 Å². The van der Waals surface area contributed by atoms with Crippen molar-refractivity contribution in [3.8, 4) is 0 Å². The van der Waals surface area contributed by atoms with Gasteiger partial charge in [-0.1, -0.05) is 29.8 Å². The second-order valence-electron chi connectivity index (χ2n) is 4.48. The zero-order valence-corrected chi connectivity index (χ0v) is 10.8. The molecule has 0 aliphatic heterocycles. The molecule has 0 aliphatic carbocycles. The van der Waals surface area contributed by atoms with Gasteiger partial charge in [0.25, 0.3) is 0 Å². The molecule has 0 saturated heterocycles. The van der Waals surface area contributed by atoms with Crippen LogP contribution in [0.4, 0.5) is 0 Å². The second kappa shape index (κ2) is 5.35. The molecule has 0 aromatic heterocycles. The van der Waals surface area contributed by atoms with Gasteiger partial charge in [0.2, 0.25) is 5.91 Å². The van der Waals surface area contributed by atoms with Crippen molar-refractivity contribution in [2.45, 2.75) is 32.7 Å². The maximum atomic E-state index is 11.5. The molecule has 0 spiro atoms. The van der Waals surface area contributed by atoms with Crippen LogP contribution in [0.25, 0.3) is 0 Å². The minimum atomic E-state index is -0.352. The lowest BCUT2D eigenvalue weighted by Gasteiger charge is -2.27. The number of hydrogen-bond acceptors (Lipinski definition) is 1. The highest BCUT2D eigenvalue weighted by atomic mass is 35.5. The summed E-state index contributed by atoms with van der Waals surface area (Å²) in [6, 6.07) is 8.15. The van der Waals surface area contributed by atoms with Crippen LogP contribution < -0.4 is 5.32 Å². The van der Waals surface area contributed by atoms with E-state index in [4.69, 9.17) is 11.6 Å². The van der Waals surface area contributed by atoms with Gasteiger partial charge in [0.05, 0.1) is 5.54 Å². The summed E-state index contributed by atoms with van der Waals surface area (Å²) in [6.45, 7) is 6.03. The summed E-state index contributed by atoms with van der Waals surface area (Å²) in [5.74, 6) is 0.344. The fourth-order valence-electron chi connectivity index (χ4n) is 1.60. The summed E-state index contributed by atoms with van der Waals surface area (Å²) in [7, 11) is 0. The summed E-state index contributed by atoms with van der Waals surface area (Å²) in [5.41, 5.74) is 1.95. The molecule has 1 amide bonds. The molecular formula is C13H18ClNO. The second-order valence-corrected chi connectivity index (χ2v) is 4.86. The van der Waals surface area contributed by atoms with Crippen molar-refractivity contribution in [3.05, 3.63) is 35.4 Å². The van der Waals surface area contributed by atoms with Gasteiger partial charge in [-0.15, -0.1) is 11.6 Å². The first-order valence-corrected chi connectivity index (χ1v) is 5.93. The van der Waals surface area contributed by atoms with E-state index in [1.807, 2.05) is 39.0 Å². The Morgan fingerprint density at radius 3 is 2.69 bits per heavy atom. The molecule has 0 fully saturated rings. The molecule has 0 radical (unpaired) electrons. The fraction of sp³-hybridized carbons (Fsp3) is 0.462. The quantitative estimate of drug-likeness (QED) is 0.805. The molecule has 1 aromatic rings. The molecular weight excluding hydrogens is 222 g/mol. The number of nitrogens with one attached hydrogen (secondary N) is 1. The molecule has 0 aliphatic rings. The van der Waals surface area contributed by atoms with Gasteiger partial charge in [-0.25, -0.2) is 0 Å². The summed E-state index contributed by atoms with van der Waals surface area (Å²) >= 11 is 5.54. The first-order chi connectivity index (χ1) is 7.45. The molecule has 0 unspecified atom stereocenters. The average Bonchev–Trinajstić information content (AvgIpc) is 2.17. The number of aryl methyl sites for hydroxylation is 1. The summed E-state index contributed by atoms with van der Waals surface area (Å²) in [6.07, 6.45) is 0.358. The van der Waals surface area contributed by atoms with Crippen LogP contribution in [0.2, 0.25) is 0 Å². The maximum Gasteiger partial charge on any atom is 0.221 e. The Morgan fingerprint density at radius 1 is 1.44 bits per heavy atom. The number of halogens is 1. The number of benzene rings is 1. The number of rotatable bonds is 4. The van der Waals surface area contributed by atoms with E-state index >= 15 is 0 Å². The minimum absolute atomic E-state index is 0.0125. The topological polar surface area (TPSA) is 29.1 Å². The van der Waals surface area contributed by atoms with Crippen molar-refractivity contribution in [2.75, 3.05) is 5.88 Å². The molecule has 0 atom stereocenters. The van der Waals surface area contributed by atoms with Crippen molar-refractivity contribution in [2.24, 2.45) is 0 Å².